The summed E-state index contributed by atoms with van der Waals surface area (Å²) in [7, 11) is 0. The van der Waals surface area contributed by atoms with Gasteiger partial charge in [-0.25, -0.2) is 0 Å². The van der Waals surface area contributed by atoms with E-state index >= 15 is 0 Å². The lowest BCUT2D eigenvalue weighted by molar-refractivity contribution is -0.151. The average molecular weight is 277 g/mol. The lowest BCUT2D eigenvalue weighted by Crippen LogP contribution is -2.32. The molecule has 0 aliphatic heterocycles. The third kappa shape index (κ3) is 4.38. The molecule has 2 atom stereocenters. The molecule has 1 N–H and O–H groups in total. The molecule has 0 saturated heterocycles. The summed E-state index contributed by atoms with van der Waals surface area (Å²) in [6, 6.07) is 0. The summed E-state index contributed by atoms with van der Waals surface area (Å²) in [5.41, 5.74) is 0.968. The standard InChI is InChI=1S/C16H23NO3/c1-4-10-17(11-5-2)13-8-7-9-15(18)14(12-13)16(19)20-6-3/h4-5,7-9,14-15,18H,1-2,6,10-12H2,3H3. The molecule has 0 amide bonds. The van der Waals surface area contributed by atoms with E-state index in [1.54, 1.807) is 31.2 Å². The van der Waals surface area contributed by atoms with Gasteiger partial charge in [0.25, 0.3) is 0 Å². The molecule has 110 valence electrons. The van der Waals surface area contributed by atoms with Crippen molar-refractivity contribution in [3.8, 4) is 0 Å². The number of allylic oxidation sites excluding steroid dienone is 3. The Balaban J connectivity index is 2.89. The van der Waals surface area contributed by atoms with E-state index in [1.165, 1.54) is 0 Å². The Morgan fingerprint density at radius 2 is 2.15 bits per heavy atom. The number of ether oxygens (including phenoxy) is 1. The maximum atomic E-state index is 11.9. The zero-order valence-corrected chi connectivity index (χ0v) is 12.0. The molecule has 1 rings (SSSR count). The number of rotatable bonds is 7. The van der Waals surface area contributed by atoms with Crippen LogP contribution in [0.4, 0.5) is 0 Å². The highest BCUT2D eigenvalue weighted by atomic mass is 16.5. The van der Waals surface area contributed by atoms with Crippen LogP contribution >= 0.6 is 0 Å². The first-order valence-corrected chi connectivity index (χ1v) is 6.82. The molecule has 1 aliphatic rings. The SMILES string of the molecule is C=CCN(CC=C)C1=CC=CC(O)C(C(=O)OCC)C1. The zero-order valence-electron chi connectivity index (χ0n) is 12.0. The third-order valence-electron chi connectivity index (χ3n) is 3.13. The van der Waals surface area contributed by atoms with E-state index in [-0.39, 0.29) is 5.97 Å². The Bertz CT molecular complexity index is 402. The molecule has 20 heavy (non-hydrogen) atoms. The van der Waals surface area contributed by atoms with Crippen LogP contribution in [-0.2, 0) is 9.53 Å². The summed E-state index contributed by atoms with van der Waals surface area (Å²) in [6.45, 7) is 10.9. The molecule has 2 unspecified atom stereocenters. The van der Waals surface area contributed by atoms with E-state index < -0.39 is 12.0 Å². The van der Waals surface area contributed by atoms with Crippen LogP contribution in [0.1, 0.15) is 13.3 Å². The smallest absolute Gasteiger partial charge is 0.312 e. The average Bonchev–Trinajstić information content (AvgIpc) is 2.61. The van der Waals surface area contributed by atoms with Gasteiger partial charge < -0.3 is 14.7 Å². The first kappa shape index (κ1) is 16.2. The highest BCUT2D eigenvalue weighted by Crippen LogP contribution is 2.24. The van der Waals surface area contributed by atoms with Gasteiger partial charge in [0, 0.05) is 25.2 Å². The number of esters is 1. The molecule has 1 aliphatic carbocycles. The topological polar surface area (TPSA) is 49.8 Å². The first-order valence-electron chi connectivity index (χ1n) is 6.82. The molecular formula is C16H23NO3. The summed E-state index contributed by atoms with van der Waals surface area (Å²) >= 11 is 0. The lowest BCUT2D eigenvalue weighted by atomic mass is 9.97. The fraction of sp³-hybridized carbons (Fsp3) is 0.438. The van der Waals surface area contributed by atoms with Crippen LogP contribution in [0.2, 0.25) is 0 Å². The van der Waals surface area contributed by atoms with Gasteiger partial charge >= 0.3 is 5.97 Å². The molecule has 0 heterocycles. The summed E-state index contributed by atoms with van der Waals surface area (Å²) in [5, 5.41) is 10.0. The zero-order chi connectivity index (χ0) is 15.0. The number of carbonyl (C=O) groups is 1. The lowest BCUT2D eigenvalue weighted by Gasteiger charge is -2.27. The Labute approximate surface area is 120 Å². The second kappa shape index (κ2) is 8.38. The van der Waals surface area contributed by atoms with Crippen LogP contribution in [0.3, 0.4) is 0 Å². The summed E-state index contributed by atoms with van der Waals surface area (Å²) in [6.07, 6.45) is 8.53. The van der Waals surface area contributed by atoms with Crippen molar-refractivity contribution >= 4 is 5.97 Å². The normalized spacial score (nSPS) is 21.6. The number of aliphatic hydroxyl groups excluding tert-OH is 1. The van der Waals surface area contributed by atoms with Gasteiger partial charge in [0.15, 0.2) is 0 Å². The molecule has 0 saturated carbocycles. The predicted octanol–water partition coefficient (Wildman–Crippen LogP) is 2.04. The molecule has 0 bridgehead atoms. The molecular weight excluding hydrogens is 254 g/mol. The van der Waals surface area contributed by atoms with Crippen molar-refractivity contribution in [1.82, 2.24) is 4.90 Å². The summed E-state index contributed by atoms with van der Waals surface area (Å²) < 4.78 is 5.04. The predicted molar refractivity (Wildman–Crippen MR) is 79.9 cm³/mol. The van der Waals surface area contributed by atoms with Crippen LogP contribution in [0.25, 0.3) is 0 Å². The Hall–Kier alpha value is -1.81. The van der Waals surface area contributed by atoms with E-state index in [4.69, 9.17) is 4.74 Å². The number of hydrogen-bond acceptors (Lipinski definition) is 4. The first-order chi connectivity index (χ1) is 9.63. The number of nitrogens with zero attached hydrogens (tertiary/aromatic N) is 1. The second-order valence-corrected chi connectivity index (χ2v) is 4.58. The van der Waals surface area contributed by atoms with Gasteiger partial charge in [0.2, 0.25) is 0 Å². The third-order valence-corrected chi connectivity index (χ3v) is 3.13. The maximum absolute atomic E-state index is 11.9. The Morgan fingerprint density at radius 3 is 2.70 bits per heavy atom. The minimum Gasteiger partial charge on any atom is -0.466 e. The molecule has 0 spiro atoms. The van der Waals surface area contributed by atoms with Gasteiger partial charge in [0.05, 0.1) is 18.6 Å². The van der Waals surface area contributed by atoms with E-state index in [9.17, 15) is 9.90 Å². The van der Waals surface area contributed by atoms with Gasteiger partial charge in [-0.3, -0.25) is 4.79 Å². The van der Waals surface area contributed by atoms with E-state index in [0.29, 0.717) is 26.1 Å². The van der Waals surface area contributed by atoms with Gasteiger partial charge in [-0.05, 0) is 13.0 Å². The monoisotopic (exact) mass is 277 g/mol. The molecule has 0 aromatic rings. The van der Waals surface area contributed by atoms with Crippen molar-refractivity contribution in [3.05, 3.63) is 49.2 Å². The van der Waals surface area contributed by atoms with Crippen LogP contribution in [-0.4, -0.2) is 41.8 Å². The number of carbonyl (C=O) groups excluding carboxylic acids is 1. The van der Waals surface area contributed by atoms with E-state index in [2.05, 4.69) is 18.1 Å². The van der Waals surface area contributed by atoms with Gasteiger partial charge in [-0.1, -0.05) is 24.3 Å². The Kier molecular flexibility index (Phi) is 6.81. The van der Waals surface area contributed by atoms with Crippen molar-refractivity contribution in [2.75, 3.05) is 19.7 Å². The van der Waals surface area contributed by atoms with Crippen molar-refractivity contribution in [2.24, 2.45) is 5.92 Å². The Morgan fingerprint density at radius 1 is 1.50 bits per heavy atom. The second-order valence-electron chi connectivity index (χ2n) is 4.58. The molecule has 0 fully saturated rings. The highest BCUT2D eigenvalue weighted by Gasteiger charge is 2.29. The quantitative estimate of drug-likeness (QED) is 0.571. The van der Waals surface area contributed by atoms with Crippen molar-refractivity contribution in [1.29, 1.82) is 0 Å². The van der Waals surface area contributed by atoms with Crippen LogP contribution in [0.5, 0.6) is 0 Å². The van der Waals surface area contributed by atoms with Crippen LogP contribution in [0, 0.1) is 5.92 Å². The van der Waals surface area contributed by atoms with Gasteiger partial charge in [-0.2, -0.15) is 0 Å². The van der Waals surface area contributed by atoms with Gasteiger partial charge in [0.1, 0.15) is 0 Å². The highest BCUT2D eigenvalue weighted by molar-refractivity contribution is 5.74. The van der Waals surface area contributed by atoms with Crippen LogP contribution in [0.15, 0.2) is 49.2 Å². The minimum atomic E-state index is -0.822. The van der Waals surface area contributed by atoms with E-state index in [1.807, 2.05) is 6.08 Å². The maximum Gasteiger partial charge on any atom is 0.312 e. The molecule has 0 radical (unpaired) electrons. The van der Waals surface area contributed by atoms with Gasteiger partial charge in [-0.15, -0.1) is 13.2 Å². The fourth-order valence-corrected chi connectivity index (χ4v) is 2.16. The molecule has 0 aromatic carbocycles. The molecule has 4 nitrogen and oxygen atoms in total. The van der Waals surface area contributed by atoms with Crippen molar-refractivity contribution < 1.29 is 14.6 Å². The largest absolute Gasteiger partial charge is 0.466 e. The van der Waals surface area contributed by atoms with Crippen LogP contribution < -0.4 is 0 Å². The fourth-order valence-electron chi connectivity index (χ4n) is 2.16. The summed E-state index contributed by atoms with van der Waals surface area (Å²) in [4.78, 5) is 14.0. The molecule has 0 aromatic heterocycles. The van der Waals surface area contributed by atoms with Crippen molar-refractivity contribution in [3.63, 3.8) is 0 Å². The molecule has 4 heteroatoms. The van der Waals surface area contributed by atoms with Crippen molar-refractivity contribution in [2.45, 2.75) is 19.4 Å². The number of aliphatic hydroxyl groups is 1. The number of hydrogen-bond donors (Lipinski definition) is 1. The van der Waals surface area contributed by atoms with E-state index in [0.717, 1.165) is 5.70 Å². The minimum absolute atomic E-state index is 0.313. The summed E-state index contributed by atoms with van der Waals surface area (Å²) in [5.74, 6) is -0.938.